The number of alkyl halides is 1. The van der Waals surface area contributed by atoms with Gasteiger partial charge in [0.25, 0.3) is 0 Å². The van der Waals surface area contributed by atoms with Crippen molar-refractivity contribution in [3.8, 4) is 5.75 Å². The maximum atomic E-state index is 12.5. The molecule has 138 valence electrons. The van der Waals surface area contributed by atoms with E-state index in [1.807, 2.05) is 30.3 Å². The van der Waals surface area contributed by atoms with Crippen molar-refractivity contribution in [1.29, 1.82) is 0 Å². The Balaban J connectivity index is 1.53. The summed E-state index contributed by atoms with van der Waals surface area (Å²) in [6.07, 6.45) is 8.74. The van der Waals surface area contributed by atoms with Gasteiger partial charge in [-0.2, -0.15) is 0 Å². The zero-order chi connectivity index (χ0) is 18.2. The van der Waals surface area contributed by atoms with E-state index in [1.54, 1.807) is 12.1 Å². The number of hydrogen-bond acceptors (Lipinski definition) is 3. The number of halogens is 1. The fraction of sp³-hybridized carbons (Fsp3) is 0.409. The molecular weight excluding hydrogens is 392 g/mol. The monoisotopic (exact) mass is 416 g/mol. The summed E-state index contributed by atoms with van der Waals surface area (Å²) in [5, 5.41) is 2.33. The van der Waals surface area contributed by atoms with E-state index in [4.69, 9.17) is 9.15 Å². The zero-order valence-electron chi connectivity index (χ0n) is 15.0. The Kier molecular flexibility index (Phi) is 7.13. The molecule has 1 aromatic heterocycles. The second-order valence-electron chi connectivity index (χ2n) is 6.60. The molecule has 0 radical (unpaired) electrons. The van der Waals surface area contributed by atoms with Gasteiger partial charge in [0.2, 0.25) is 5.43 Å². The third-order valence-electron chi connectivity index (χ3n) is 4.60. The van der Waals surface area contributed by atoms with Crippen molar-refractivity contribution in [2.24, 2.45) is 0 Å². The molecule has 0 aliphatic rings. The number of ether oxygens (including phenoxy) is 1. The first-order valence-corrected chi connectivity index (χ1v) is 10.6. The lowest BCUT2D eigenvalue weighted by Gasteiger charge is -2.07. The van der Waals surface area contributed by atoms with Gasteiger partial charge in [-0.3, -0.25) is 4.79 Å². The van der Waals surface area contributed by atoms with Crippen LogP contribution < -0.4 is 10.2 Å². The molecule has 0 saturated carbocycles. The molecule has 0 unspecified atom stereocenters. The highest BCUT2D eigenvalue weighted by Gasteiger charge is 2.08. The highest BCUT2D eigenvalue weighted by atomic mass is 79.9. The fourth-order valence-corrected chi connectivity index (χ4v) is 3.54. The summed E-state index contributed by atoms with van der Waals surface area (Å²) < 4.78 is 11.7. The molecular formula is C22H25BrO3. The summed E-state index contributed by atoms with van der Waals surface area (Å²) in [5.74, 6) is 0.758. The number of hydrogen-bond donors (Lipinski definition) is 0. The van der Waals surface area contributed by atoms with Gasteiger partial charge >= 0.3 is 0 Å². The number of fused-ring (bicyclic) bond motifs is 2. The molecule has 0 aliphatic heterocycles. The molecule has 0 atom stereocenters. The van der Waals surface area contributed by atoms with E-state index in [2.05, 4.69) is 15.9 Å². The van der Waals surface area contributed by atoms with E-state index in [0.717, 1.165) is 17.5 Å². The average Bonchev–Trinajstić information content (AvgIpc) is 2.67. The van der Waals surface area contributed by atoms with Gasteiger partial charge in [-0.25, -0.2) is 0 Å². The second kappa shape index (κ2) is 9.77. The minimum Gasteiger partial charge on any atom is -0.493 e. The first-order chi connectivity index (χ1) is 12.8. The van der Waals surface area contributed by atoms with Gasteiger partial charge in [-0.1, -0.05) is 60.2 Å². The summed E-state index contributed by atoms with van der Waals surface area (Å²) in [5.41, 5.74) is 1.20. The predicted molar refractivity (Wildman–Crippen MR) is 112 cm³/mol. The van der Waals surface area contributed by atoms with E-state index < -0.39 is 0 Å². The Morgan fingerprint density at radius 3 is 2.31 bits per heavy atom. The maximum Gasteiger partial charge on any atom is 0.200 e. The first-order valence-electron chi connectivity index (χ1n) is 9.44. The lowest BCUT2D eigenvalue weighted by Crippen LogP contribution is -2.02. The molecule has 0 fully saturated rings. The van der Waals surface area contributed by atoms with Crippen molar-refractivity contribution < 1.29 is 9.15 Å². The second-order valence-corrected chi connectivity index (χ2v) is 7.39. The lowest BCUT2D eigenvalue weighted by atomic mass is 10.1. The van der Waals surface area contributed by atoms with Crippen LogP contribution in [0, 0.1) is 0 Å². The molecule has 3 nitrogen and oxygen atoms in total. The van der Waals surface area contributed by atoms with Gasteiger partial charge < -0.3 is 9.15 Å². The summed E-state index contributed by atoms with van der Waals surface area (Å²) in [6.45, 7) is 0.699. The molecule has 1 heterocycles. The van der Waals surface area contributed by atoms with Crippen molar-refractivity contribution in [2.45, 2.75) is 44.9 Å². The number of para-hydroxylation sites is 1. The fourth-order valence-electron chi connectivity index (χ4n) is 3.14. The minimum absolute atomic E-state index is 0.00769. The molecule has 3 rings (SSSR count). The average molecular weight is 417 g/mol. The third kappa shape index (κ3) is 4.88. The van der Waals surface area contributed by atoms with Crippen LogP contribution in [0.5, 0.6) is 5.75 Å². The van der Waals surface area contributed by atoms with Gasteiger partial charge in [-0.05, 0) is 37.1 Å². The molecule has 3 aromatic rings. The molecule has 0 amide bonds. The van der Waals surface area contributed by atoms with Crippen molar-refractivity contribution in [2.75, 3.05) is 11.9 Å². The SMILES string of the molecule is O=c1c2ccccc2oc2cc(OCCCCCCCCCBr)ccc12. The van der Waals surface area contributed by atoms with Crippen LogP contribution in [0.4, 0.5) is 0 Å². The normalized spacial score (nSPS) is 11.3. The van der Waals surface area contributed by atoms with Crippen molar-refractivity contribution in [1.82, 2.24) is 0 Å². The third-order valence-corrected chi connectivity index (χ3v) is 5.16. The van der Waals surface area contributed by atoms with Crippen LogP contribution in [-0.2, 0) is 0 Å². The van der Waals surface area contributed by atoms with Crippen molar-refractivity contribution in [3.05, 3.63) is 52.7 Å². The molecule has 0 N–H and O–H groups in total. The van der Waals surface area contributed by atoms with Crippen LogP contribution in [0.2, 0.25) is 0 Å². The standard InChI is InChI=1S/C22H25BrO3/c23-14-8-4-2-1-3-5-9-15-25-17-12-13-19-21(16-17)26-20-11-7-6-10-18(20)22(19)24/h6-7,10-13,16H,1-5,8-9,14-15H2. The summed E-state index contributed by atoms with van der Waals surface area (Å²) in [4.78, 5) is 12.5. The quantitative estimate of drug-likeness (QED) is 0.216. The summed E-state index contributed by atoms with van der Waals surface area (Å²) in [6, 6.07) is 12.8. The molecule has 0 aliphatic carbocycles. The smallest absolute Gasteiger partial charge is 0.200 e. The Bertz CT molecular complexity index is 901. The largest absolute Gasteiger partial charge is 0.493 e. The molecule has 26 heavy (non-hydrogen) atoms. The van der Waals surface area contributed by atoms with E-state index in [1.165, 1.54) is 38.5 Å². The highest BCUT2D eigenvalue weighted by Crippen LogP contribution is 2.23. The van der Waals surface area contributed by atoms with E-state index in [0.29, 0.717) is 28.5 Å². The first kappa shape index (κ1) is 19.0. The van der Waals surface area contributed by atoms with Crippen molar-refractivity contribution >= 4 is 37.9 Å². The molecule has 0 spiro atoms. The van der Waals surface area contributed by atoms with Crippen LogP contribution in [0.15, 0.2) is 51.7 Å². The Morgan fingerprint density at radius 2 is 1.50 bits per heavy atom. The summed E-state index contributed by atoms with van der Waals surface area (Å²) >= 11 is 3.47. The van der Waals surface area contributed by atoms with Gasteiger partial charge in [0.15, 0.2) is 0 Å². The van der Waals surface area contributed by atoms with E-state index in [9.17, 15) is 4.79 Å². The minimum atomic E-state index is 0.00769. The number of rotatable bonds is 10. The number of unbranched alkanes of at least 4 members (excludes halogenated alkanes) is 6. The Hall–Kier alpha value is -1.81. The Morgan fingerprint density at radius 1 is 0.808 bits per heavy atom. The van der Waals surface area contributed by atoms with Gasteiger partial charge in [0.1, 0.15) is 16.9 Å². The molecule has 0 bridgehead atoms. The van der Waals surface area contributed by atoms with Gasteiger partial charge in [0.05, 0.1) is 17.4 Å². The topological polar surface area (TPSA) is 39.4 Å². The Labute approximate surface area is 162 Å². The van der Waals surface area contributed by atoms with Crippen LogP contribution in [0.1, 0.15) is 44.9 Å². The molecule has 2 aromatic carbocycles. The van der Waals surface area contributed by atoms with E-state index >= 15 is 0 Å². The zero-order valence-corrected chi connectivity index (χ0v) is 16.6. The van der Waals surface area contributed by atoms with E-state index in [-0.39, 0.29) is 5.43 Å². The van der Waals surface area contributed by atoms with Crippen molar-refractivity contribution in [3.63, 3.8) is 0 Å². The molecule has 0 saturated heterocycles. The maximum absolute atomic E-state index is 12.5. The lowest BCUT2D eigenvalue weighted by molar-refractivity contribution is 0.304. The van der Waals surface area contributed by atoms with Crippen LogP contribution in [0.25, 0.3) is 21.9 Å². The highest BCUT2D eigenvalue weighted by molar-refractivity contribution is 9.09. The van der Waals surface area contributed by atoms with Crippen LogP contribution >= 0.6 is 15.9 Å². The predicted octanol–water partition coefficient (Wildman–Crippen LogP) is 6.45. The van der Waals surface area contributed by atoms with Crippen LogP contribution in [-0.4, -0.2) is 11.9 Å². The van der Waals surface area contributed by atoms with Gasteiger partial charge in [0, 0.05) is 11.4 Å². The van der Waals surface area contributed by atoms with Crippen LogP contribution in [0.3, 0.4) is 0 Å². The number of benzene rings is 2. The molecule has 4 heteroatoms. The summed E-state index contributed by atoms with van der Waals surface area (Å²) in [7, 11) is 0. The van der Waals surface area contributed by atoms with Gasteiger partial charge in [-0.15, -0.1) is 0 Å².